The van der Waals surface area contributed by atoms with E-state index in [1.807, 2.05) is 13.8 Å². The summed E-state index contributed by atoms with van der Waals surface area (Å²) in [7, 11) is 1.76. The second-order valence-corrected chi connectivity index (χ2v) is 6.76. The number of aromatic nitrogens is 2. The van der Waals surface area contributed by atoms with Gasteiger partial charge in [0.05, 0.1) is 12.1 Å². The Morgan fingerprint density at radius 1 is 1.32 bits per heavy atom. The largest absolute Gasteiger partial charge is 0.391 e. The molecule has 1 saturated heterocycles. The van der Waals surface area contributed by atoms with Crippen LogP contribution in [0.1, 0.15) is 54.0 Å². The van der Waals surface area contributed by atoms with Crippen LogP contribution in [0.2, 0.25) is 0 Å². The molecule has 1 fully saturated rings. The number of amides is 1. The van der Waals surface area contributed by atoms with Crippen LogP contribution in [-0.4, -0.2) is 38.3 Å². The molecule has 2 unspecified atom stereocenters. The lowest BCUT2D eigenvalue weighted by Gasteiger charge is -2.24. The molecule has 3 rings (SSSR count). The molecule has 1 amide bonds. The number of nitrogens with zero attached hydrogens (tertiary/aromatic N) is 3. The third-order valence-corrected chi connectivity index (χ3v) is 4.58. The predicted molar refractivity (Wildman–Crippen MR) is 88.1 cm³/mol. The summed E-state index contributed by atoms with van der Waals surface area (Å²) in [6, 6.07) is 4.13. The zero-order chi connectivity index (χ0) is 18.3. The lowest BCUT2D eigenvalue weighted by atomic mass is 10.0. The Bertz CT molecular complexity index is 804. The highest BCUT2D eigenvalue weighted by Crippen LogP contribution is 2.35. The molecule has 0 bridgehead atoms. The monoisotopic (exact) mass is 349 g/mol. The van der Waals surface area contributed by atoms with Crippen molar-refractivity contribution in [3.63, 3.8) is 0 Å². The van der Waals surface area contributed by atoms with Crippen LogP contribution in [-0.2, 0) is 7.05 Å². The first kappa shape index (κ1) is 17.5. The third kappa shape index (κ3) is 3.28. The summed E-state index contributed by atoms with van der Waals surface area (Å²) >= 11 is 0. The summed E-state index contributed by atoms with van der Waals surface area (Å²) in [5, 5.41) is 14.2. The molecule has 1 N–H and O–H groups in total. The van der Waals surface area contributed by atoms with Crippen molar-refractivity contribution in [3.05, 3.63) is 52.9 Å². The summed E-state index contributed by atoms with van der Waals surface area (Å²) < 4.78 is 29.3. The SMILES string of the molecule is CC(C)c1cc(C(=O)N2CC(O)CC2c2cc(F)ccc2F)nn1C. The molecule has 2 aromatic rings. The van der Waals surface area contributed by atoms with Crippen LogP contribution in [0.4, 0.5) is 8.78 Å². The van der Waals surface area contributed by atoms with Gasteiger partial charge in [-0.2, -0.15) is 5.10 Å². The van der Waals surface area contributed by atoms with Crippen LogP contribution >= 0.6 is 0 Å². The molecule has 0 aliphatic carbocycles. The molecule has 25 heavy (non-hydrogen) atoms. The van der Waals surface area contributed by atoms with Crippen LogP contribution in [0, 0.1) is 11.6 Å². The van der Waals surface area contributed by atoms with Crippen molar-refractivity contribution in [1.29, 1.82) is 0 Å². The van der Waals surface area contributed by atoms with E-state index >= 15 is 0 Å². The maximum atomic E-state index is 14.2. The molecule has 1 aliphatic rings. The number of aliphatic hydroxyl groups excluding tert-OH is 1. The Kier molecular flexibility index (Phi) is 4.60. The average molecular weight is 349 g/mol. The summed E-state index contributed by atoms with van der Waals surface area (Å²) in [5.74, 6) is -1.38. The predicted octanol–water partition coefficient (Wildman–Crippen LogP) is 2.77. The maximum absolute atomic E-state index is 14.2. The fraction of sp³-hybridized carbons (Fsp3) is 0.444. The van der Waals surface area contributed by atoms with Crippen LogP contribution in [0.5, 0.6) is 0 Å². The summed E-state index contributed by atoms with van der Waals surface area (Å²) in [5.41, 5.74) is 1.21. The Morgan fingerprint density at radius 2 is 2.04 bits per heavy atom. The summed E-state index contributed by atoms with van der Waals surface area (Å²) in [6.07, 6.45) is -0.624. The van der Waals surface area contributed by atoms with Gasteiger partial charge >= 0.3 is 0 Å². The number of aryl methyl sites for hydroxylation is 1. The normalized spacial score (nSPS) is 20.5. The van der Waals surface area contributed by atoms with Gasteiger partial charge in [-0.15, -0.1) is 0 Å². The smallest absolute Gasteiger partial charge is 0.274 e. The lowest BCUT2D eigenvalue weighted by molar-refractivity contribution is 0.0707. The Morgan fingerprint density at radius 3 is 2.68 bits per heavy atom. The van der Waals surface area contributed by atoms with Crippen molar-refractivity contribution in [2.24, 2.45) is 7.05 Å². The number of likely N-dealkylation sites (tertiary alicyclic amines) is 1. The van der Waals surface area contributed by atoms with Gasteiger partial charge in [0.15, 0.2) is 5.69 Å². The van der Waals surface area contributed by atoms with Crippen LogP contribution < -0.4 is 0 Å². The quantitative estimate of drug-likeness (QED) is 0.927. The van der Waals surface area contributed by atoms with Crippen molar-refractivity contribution >= 4 is 5.91 Å². The van der Waals surface area contributed by atoms with Gasteiger partial charge in [-0.1, -0.05) is 13.8 Å². The molecule has 1 aromatic carbocycles. The third-order valence-electron chi connectivity index (χ3n) is 4.58. The van der Waals surface area contributed by atoms with Gasteiger partial charge in [0.2, 0.25) is 0 Å². The zero-order valence-corrected chi connectivity index (χ0v) is 14.4. The van der Waals surface area contributed by atoms with Crippen molar-refractivity contribution < 1.29 is 18.7 Å². The van der Waals surface area contributed by atoms with Crippen LogP contribution in [0.3, 0.4) is 0 Å². The van der Waals surface area contributed by atoms with E-state index in [-0.39, 0.29) is 30.1 Å². The standard InChI is InChI=1S/C18H21F2N3O2/c1-10(2)16-8-15(21-22(16)3)18(25)23-9-12(24)7-17(23)13-6-11(19)4-5-14(13)20/h4-6,8,10,12,17,24H,7,9H2,1-3H3. The van der Waals surface area contributed by atoms with Gasteiger partial charge < -0.3 is 10.0 Å². The van der Waals surface area contributed by atoms with Crippen LogP contribution in [0.15, 0.2) is 24.3 Å². The minimum atomic E-state index is -0.787. The zero-order valence-electron chi connectivity index (χ0n) is 14.4. The number of carbonyl (C=O) groups is 1. The number of carbonyl (C=O) groups excluding carboxylic acids is 1. The van der Waals surface area contributed by atoms with Gasteiger partial charge in [-0.3, -0.25) is 9.48 Å². The van der Waals surface area contributed by atoms with Gasteiger partial charge in [0.25, 0.3) is 5.91 Å². The first-order chi connectivity index (χ1) is 11.8. The van der Waals surface area contributed by atoms with Crippen molar-refractivity contribution in [2.75, 3.05) is 6.54 Å². The van der Waals surface area contributed by atoms with Gasteiger partial charge in [-0.25, -0.2) is 8.78 Å². The number of halogens is 2. The number of rotatable bonds is 3. The van der Waals surface area contributed by atoms with E-state index in [0.717, 1.165) is 23.9 Å². The molecule has 2 atom stereocenters. The topological polar surface area (TPSA) is 58.4 Å². The fourth-order valence-corrected chi connectivity index (χ4v) is 3.38. The molecular weight excluding hydrogens is 328 g/mol. The minimum absolute atomic E-state index is 0.0625. The molecule has 7 heteroatoms. The summed E-state index contributed by atoms with van der Waals surface area (Å²) in [4.78, 5) is 14.3. The number of aliphatic hydroxyl groups is 1. The van der Waals surface area contributed by atoms with Crippen LogP contribution in [0.25, 0.3) is 0 Å². The van der Waals surface area contributed by atoms with Gasteiger partial charge in [-0.05, 0) is 36.6 Å². The minimum Gasteiger partial charge on any atom is -0.391 e. The highest BCUT2D eigenvalue weighted by Gasteiger charge is 2.38. The summed E-state index contributed by atoms with van der Waals surface area (Å²) in [6.45, 7) is 4.05. The highest BCUT2D eigenvalue weighted by atomic mass is 19.1. The second kappa shape index (κ2) is 6.55. The maximum Gasteiger partial charge on any atom is 0.274 e. The number of benzene rings is 1. The number of β-amino-alcohol motifs (C(OH)–C–C–N with tert-alkyl or cyclic N) is 1. The molecular formula is C18H21F2N3O2. The average Bonchev–Trinajstić information content (AvgIpc) is 3.12. The highest BCUT2D eigenvalue weighted by molar-refractivity contribution is 5.93. The molecule has 134 valence electrons. The van der Waals surface area contributed by atoms with E-state index in [2.05, 4.69) is 5.10 Å². The molecule has 0 spiro atoms. The van der Waals surface area contributed by atoms with E-state index in [1.165, 1.54) is 4.90 Å². The molecule has 1 aromatic heterocycles. The van der Waals surface area contributed by atoms with Crippen molar-refractivity contribution in [3.8, 4) is 0 Å². The van der Waals surface area contributed by atoms with Crippen molar-refractivity contribution in [1.82, 2.24) is 14.7 Å². The van der Waals surface area contributed by atoms with E-state index in [1.54, 1.807) is 17.8 Å². The molecule has 1 aliphatic heterocycles. The van der Waals surface area contributed by atoms with E-state index in [0.29, 0.717) is 0 Å². The van der Waals surface area contributed by atoms with Gasteiger partial charge in [0.1, 0.15) is 11.6 Å². The Labute approximate surface area is 144 Å². The first-order valence-corrected chi connectivity index (χ1v) is 8.25. The number of hydrogen-bond donors (Lipinski definition) is 1. The fourth-order valence-electron chi connectivity index (χ4n) is 3.38. The van der Waals surface area contributed by atoms with E-state index < -0.39 is 29.7 Å². The first-order valence-electron chi connectivity index (χ1n) is 8.25. The Hall–Kier alpha value is -2.28. The molecule has 2 heterocycles. The van der Waals surface area contributed by atoms with Crippen molar-refractivity contribution in [2.45, 2.75) is 38.3 Å². The van der Waals surface area contributed by atoms with E-state index in [4.69, 9.17) is 0 Å². The van der Waals surface area contributed by atoms with E-state index in [9.17, 15) is 18.7 Å². The molecule has 0 saturated carbocycles. The van der Waals surface area contributed by atoms with Gasteiger partial charge in [0, 0.05) is 24.8 Å². The lowest BCUT2D eigenvalue weighted by Crippen LogP contribution is -2.32. The Balaban J connectivity index is 1.95. The second-order valence-electron chi connectivity index (χ2n) is 6.76. The molecule has 5 nitrogen and oxygen atoms in total. The number of hydrogen-bond acceptors (Lipinski definition) is 3. The molecule has 0 radical (unpaired) electrons.